The topological polar surface area (TPSA) is 52.6 Å². The molecule has 1 aliphatic heterocycles. The smallest absolute Gasteiger partial charge is 0.320 e. The van der Waals surface area contributed by atoms with Gasteiger partial charge in [0.25, 0.3) is 0 Å². The van der Waals surface area contributed by atoms with Crippen molar-refractivity contribution in [3.8, 4) is 0 Å². The van der Waals surface area contributed by atoms with Gasteiger partial charge in [-0.3, -0.25) is 4.79 Å². The average Bonchev–Trinajstić information content (AvgIpc) is 2.60. The van der Waals surface area contributed by atoms with Crippen molar-refractivity contribution in [3.63, 3.8) is 0 Å². The van der Waals surface area contributed by atoms with Crippen molar-refractivity contribution >= 4 is 5.97 Å². The first-order valence-corrected chi connectivity index (χ1v) is 8.24. The lowest BCUT2D eigenvalue weighted by molar-refractivity contribution is -0.140. The lowest BCUT2D eigenvalue weighted by Crippen LogP contribution is -2.43. The van der Waals surface area contributed by atoms with Crippen LogP contribution in [0.2, 0.25) is 0 Å². The van der Waals surface area contributed by atoms with Crippen LogP contribution in [0.4, 0.5) is 0 Å². The Balaban J connectivity index is 2.34. The van der Waals surface area contributed by atoms with E-state index in [1.165, 1.54) is 32.1 Å². The van der Waals surface area contributed by atoms with Crippen LogP contribution in [0.3, 0.4) is 0 Å². The summed E-state index contributed by atoms with van der Waals surface area (Å²) in [5, 5.41) is 12.4. The number of aliphatic carboxylic acids is 1. The lowest BCUT2D eigenvalue weighted by Gasteiger charge is -2.23. The molecule has 0 bridgehead atoms. The number of carbonyl (C=O) groups is 1. The summed E-state index contributed by atoms with van der Waals surface area (Å²) in [6, 6.07) is -0.195. The number of carboxylic acids is 1. The van der Waals surface area contributed by atoms with Gasteiger partial charge in [-0.25, -0.2) is 0 Å². The molecule has 1 heterocycles. The summed E-state index contributed by atoms with van der Waals surface area (Å²) >= 11 is 0. The molecule has 20 heavy (non-hydrogen) atoms. The van der Waals surface area contributed by atoms with E-state index in [-0.39, 0.29) is 6.04 Å². The van der Waals surface area contributed by atoms with Gasteiger partial charge in [-0.05, 0) is 44.7 Å². The lowest BCUT2D eigenvalue weighted by atomic mass is 9.96. The summed E-state index contributed by atoms with van der Waals surface area (Å²) in [4.78, 5) is 13.7. The standard InChI is InChI=1S/C16H32N2O2/c1-4-6-14-7-5-10-18(11-8-14)12-9-15(16(19)20)17-13(2)3/h13-15,17H,4-12H2,1-3H3,(H,19,20). The molecule has 4 heteroatoms. The summed E-state index contributed by atoms with van der Waals surface area (Å²) in [6.45, 7) is 9.43. The SMILES string of the molecule is CCCC1CCCN(CCC(NC(C)C)C(=O)O)CC1. The summed E-state index contributed by atoms with van der Waals surface area (Å²) < 4.78 is 0. The third-order valence-electron chi connectivity index (χ3n) is 4.20. The van der Waals surface area contributed by atoms with Crippen LogP contribution in [0.5, 0.6) is 0 Å². The summed E-state index contributed by atoms with van der Waals surface area (Å²) in [6.07, 6.45) is 7.22. The highest BCUT2D eigenvalue weighted by Gasteiger charge is 2.21. The zero-order valence-electron chi connectivity index (χ0n) is 13.4. The second kappa shape index (κ2) is 9.35. The number of nitrogens with zero attached hydrogens (tertiary/aromatic N) is 1. The van der Waals surface area contributed by atoms with E-state index in [2.05, 4.69) is 17.1 Å². The van der Waals surface area contributed by atoms with Gasteiger partial charge in [-0.15, -0.1) is 0 Å². The Bertz CT molecular complexity index is 282. The molecule has 0 aromatic heterocycles. The molecule has 0 spiro atoms. The predicted octanol–water partition coefficient (Wildman–Crippen LogP) is 2.73. The van der Waals surface area contributed by atoms with E-state index in [0.717, 1.165) is 25.6 Å². The van der Waals surface area contributed by atoms with Crippen LogP contribution in [-0.4, -0.2) is 47.7 Å². The summed E-state index contributed by atoms with van der Waals surface area (Å²) in [5.41, 5.74) is 0. The maximum atomic E-state index is 11.2. The van der Waals surface area contributed by atoms with E-state index in [1.807, 2.05) is 13.8 Å². The van der Waals surface area contributed by atoms with Crippen LogP contribution < -0.4 is 5.32 Å². The van der Waals surface area contributed by atoms with Gasteiger partial charge in [-0.1, -0.05) is 33.6 Å². The Hall–Kier alpha value is -0.610. The van der Waals surface area contributed by atoms with Crippen LogP contribution in [0.1, 0.15) is 59.3 Å². The van der Waals surface area contributed by atoms with Gasteiger partial charge >= 0.3 is 5.97 Å². The van der Waals surface area contributed by atoms with Gasteiger partial charge in [0.2, 0.25) is 0 Å². The molecule has 0 aromatic carbocycles. The molecular formula is C16H32N2O2. The van der Waals surface area contributed by atoms with E-state index >= 15 is 0 Å². The molecule has 4 nitrogen and oxygen atoms in total. The molecule has 0 aliphatic carbocycles. The molecule has 2 N–H and O–H groups in total. The van der Waals surface area contributed by atoms with Crippen LogP contribution in [0.15, 0.2) is 0 Å². The average molecular weight is 284 g/mol. The fraction of sp³-hybridized carbons (Fsp3) is 0.938. The highest BCUT2D eigenvalue weighted by molar-refractivity contribution is 5.73. The molecule has 1 saturated heterocycles. The predicted molar refractivity (Wildman–Crippen MR) is 83.0 cm³/mol. The van der Waals surface area contributed by atoms with Gasteiger partial charge in [0.15, 0.2) is 0 Å². The van der Waals surface area contributed by atoms with Crippen LogP contribution in [-0.2, 0) is 4.79 Å². The Morgan fingerprint density at radius 3 is 2.70 bits per heavy atom. The van der Waals surface area contributed by atoms with E-state index in [1.54, 1.807) is 0 Å². The molecular weight excluding hydrogens is 252 g/mol. The number of rotatable bonds is 8. The molecule has 0 amide bonds. The zero-order valence-corrected chi connectivity index (χ0v) is 13.4. The third-order valence-corrected chi connectivity index (χ3v) is 4.20. The van der Waals surface area contributed by atoms with E-state index in [0.29, 0.717) is 6.42 Å². The Labute approximate surface area is 123 Å². The quantitative estimate of drug-likeness (QED) is 0.719. The van der Waals surface area contributed by atoms with Crippen LogP contribution >= 0.6 is 0 Å². The molecule has 1 aliphatic rings. The fourth-order valence-electron chi connectivity index (χ4n) is 3.14. The fourth-order valence-corrected chi connectivity index (χ4v) is 3.14. The Morgan fingerprint density at radius 1 is 1.35 bits per heavy atom. The minimum Gasteiger partial charge on any atom is -0.480 e. The highest BCUT2D eigenvalue weighted by Crippen LogP contribution is 2.22. The molecule has 0 aromatic rings. The van der Waals surface area contributed by atoms with Crippen LogP contribution in [0.25, 0.3) is 0 Å². The zero-order chi connectivity index (χ0) is 15.0. The molecule has 0 saturated carbocycles. The van der Waals surface area contributed by atoms with Gasteiger partial charge in [-0.2, -0.15) is 0 Å². The van der Waals surface area contributed by atoms with Crippen molar-refractivity contribution < 1.29 is 9.90 Å². The van der Waals surface area contributed by atoms with Crippen molar-refractivity contribution in [3.05, 3.63) is 0 Å². The Kier molecular flexibility index (Phi) is 8.15. The van der Waals surface area contributed by atoms with Gasteiger partial charge < -0.3 is 15.3 Å². The molecule has 2 unspecified atom stereocenters. The third kappa shape index (κ3) is 6.71. The summed E-state index contributed by atoms with van der Waals surface area (Å²) in [7, 11) is 0. The van der Waals surface area contributed by atoms with Crippen molar-refractivity contribution in [1.82, 2.24) is 10.2 Å². The van der Waals surface area contributed by atoms with Crippen molar-refractivity contribution in [2.24, 2.45) is 5.92 Å². The second-order valence-corrected chi connectivity index (χ2v) is 6.43. The first-order chi connectivity index (χ1) is 9.52. The summed E-state index contributed by atoms with van der Waals surface area (Å²) in [5.74, 6) is 0.159. The number of likely N-dealkylation sites (tertiary alicyclic amines) is 1. The minimum atomic E-state index is -0.725. The first-order valence-electron chi connectivity index (χ1n) is 8.24. The van der Waals surface area contributed by atoms with Gasteiger partial charge in [0, 0.05) is 12.6 Å². The van der Waals surface area contributed by atoms with Crippen molar-refractivity contribution in [2.75, 3.05) is 19.6 Å². The highest BCUT2D eigenvalue weighted by atomic mass is 16.4. The van der Waals surface area contributed by atoms with Gasteiger partial charge in [0.1, 0.15) is 6.04 Å². The maximum absolute atomic E-state index is 11.2. The molecule has 1 rings (SSSR count). The number of hydrogen-bond donors (Lipinski definition) is 2. The van der Waals surface area contributed by atoms with E-state index in [4.69, 9.17) is 0 Å². The molecule has 118 valence electrons. The number of carboxylic acid groups (broad SMARTS) is 1. The second-order valence-electron chi connectivity index (χ2n) is 6.43. The first kappa shape index (κ1) is 17.4. The van der Waals surface area contributed by atoms with Crippen molar-refractivity contribution in [2.45, 2.75) is 71.4 Å². The maximum Gasteiger partial charge on any atom is 0.320 e. The normalized spacial score (nSPS) is 22.7. The van der Waals surface area contributed by atoms with E-state index < -0.39 is 12.0 Å². The van der Waals surface area contributed by atoms with Crippen LogP contribution in [0, 0.1) is 5.92 Å². The van der Waals surface area contributed by atoms with Gasteiger partial charge in [0.05, 0.1) is 0 Å². The molecule has 1 fully saturated rings. The number of nitrogens with one attached hydrogen (secondary N) is 1. The molecule has 0 radical (unpaired) electrons. The van der Waals surface area contributed by atoms with E-state index in [9.17, 15) is 9.90 Å². The monoisotopic (exact) mass is 284 g/mol. The van der Waals surface area contributed by atoms with Crippen molar-refractivity contribution in [1.29, 1.82) is 0 Å². The Morgan fingerprint density at radius 2 is 2.10 bits per heavy atom. The largest absolute Gasteiger partial charge is 0.480 e. The minimum absolute atomic E-state index is 0.217. The molecule has 2 atom stereocenters. The number of hydrogen-bond acceptors (Lipinski definition) is 3.